The highest BCUT2D eigenvalue weighted by molar-refractivity contribution is 5.41. The Morgan fingerprint density at radius 2 is 1.75 bits per heavy atom. The third-order valence-electron chi connectivity index (χ3n) is 3.14. The molecule has 20 heavy (non-hydrogen) atoms. The molecule has 104 valence electrons. The van der Waals surface area contributed by atoms with Crippen molar-refractivity contribution in [3.05, 3.63) is 69.3 Å². The fourth-order valence-corrected chi connectivity index (χ4v) is 2.03. The van der Waals surface area contributed by atoms with Crippen LogP contribution in [0.15, 0.2) is 42.5 Å². The third-order valence-corrected chi connectivity index (χ3v) is 3.14. The molecule has 2 rings (SSSR count). The summed E-state index contributed by atoms with van der Waals surface area (Å²) in [6.07, 6.45) is 0. The van der Waals surface area contributed by atoms with Gasteiger partial charge in [0.15, 0.2) is 0 Å². The number of phenolic OH excluding ortho intramolecular Hbond substituents is 1. The first-order valence-corrected chi connectivity index (χ1v) is 6.30. The molecule has 0 atom stereocenters. The van der Waals surface area contributed by atoms with Crippen molar-refractivity contribution < 1.29 is 10.0 Å². The van der Waals surface area contributed by atoms with Gasteiger partial charge in [-0.1, -0.05) is 36.4 Å². The lowest BCUT2D eigenvalue weighted by molar-refractivity contribution is -0.385. The van der Waals surface area contributed by atoms with Crippen LogP contribution in [0.25, 0.3) is 0 Å². The van der Waals surface area contributed by atoms with Crippen molar-refractivity contribution in [3.8, 4) is 5.75 Å². The Labute approximate surface area is 117 Å². The molecule has 2 aromatic rings. The minimum atomic E-state index is -0.388. The van der Waals surface area contributed by atoms with Crippen molar-refractivity contribution in [1.29, 1.82) is 0 Å². The first-order valence-electron chi connectivity index (χ1n) is 6.30. The number of aryl methyl sites for hydroxylation is 1. The quantitative estimate of drug-likeness (QED) is 0.648. The minimum absolute atomic E-state index is 0.105. The summed E-state index contributed by atoms with van der Waals surface area (Å²) in [4.78, 5) is 10.5. The molecule has 0 aliphatic rings. The fraction of sp³-hybridized carbons (Fsp3) is 0.200. The lowest BCUT2D eigenvalue weighted by Gasteiger charge is -2.09. The second-order valence-corrected chi connectivity index (χ2v) is 4.57. The molecule has 0 aromatic heterocycles. The van der Waals surface area contributed by atoms with Crippen LogP contribution in [0.4, 0.5) is 5.69 Å². The van der Waals surface area contributed by atoms with E-state index in [0.29, 0.717) is 18.7 Å². The molecule has 5 heteroatoms. The monoisotopic (exact) mass is 272 g/mol. The van der Waals surface area contributed by atoms with Crippen molar-refractivity contribution >= 4 is 5.69 Å². The first-order chi connectivity index (χ1) is 9.59. The summed E-state index contributed by atoms with van der Waals surface area (Å²) in [6, 6.07) is 12.2. The maximum atomic E-state index is 10.9. The summed E-state index contributed by atoms with van der Waals surface area (Å²) in [5, 5.41) is 23.9. The van der Waals surface area contributed by atoms with Gasteiger partial charge in [-0.2, -0.15) is 0 Å². The summed E-state index contributed by atoms with van der Waals surface area (Å²) in [5.74, 6) is 0.266. The zero-order valence-corrected chi connectivity index (χ0v) is 11.2. The van der Waals surface area contributed by atoms with Gasteiger partial charge in [0.25, 0.3) is 5.69 Å². The molecule has 0 saturated carbocycles. The zero-order chi connectivity index (χ0) is 14.5. The number of nitrogens with one attached hydrogen (secondary N) is 1. The topological polar surface area (TPSA) is 75.4 Å². The van der Waals surface area contributed by atoms with Gasteiger partial charge >= 0.3 is 0 Å². The normalized spacial score (nSPS) is 10.4. The average Bonchev–Trinajstić information content (AvgIpc) is 2.44. The number of aromatic hydroxyl groups is 1. The fourth-order valence-electron chi connectivity index (χ4n) is 2.03. The Kier molecular flexibility index (Phi) is 4.32. The van der Waals surface area contributed by atoms with E-state index in [2.05, 4.69) is 5.32 Å². The van der Waals surface area contributed by atoms with Crippen molar-refractivity contribution in [1.82, 2.24) is 5.32 Å². The van der Waals surface area contributed by atoms with E-state index in [1.807, 2.05) is 25.1 Å². The van der Waals surface area contributed by atoms with Gasteiger partial charge in [0.1, 0.15) is 5.75 Å². The predicted molar refractivity (Wildman–Crippen MR) is 76.5 cm³/mol. The molecule has 0 radical (unpaired) electrons. The number of benzene rings is 2. The maximum absolute atomic E-state index is 10.9. The Bertz CT molecular complexity index is 626. The van der Waals surface area contributed by atoms with Crippen LogP contribution < -0.4 is 5.32 Å². The number of para-hydroxylation sites is 2. The molecule has 0 saturated heterocycles. The Hall–Kier alpha value is -2.40. The number of nitro benzene ring substituents is 1. The highest BCUT2D eigenvalue weighted by Crippen LogP contribution is 2.22. The van der Waals surface area contributed by atoms with E-state index in [0.717, 1.165) is 11.1 Å². The summed E-state index contributed by atoms with van der Waals surface area (Å²) in [7, 11) is 0. The number of rotatable bonds is 5. The highest BCUT2D eigenvalue weighted by atomic mass is 16.6. The Morgan fingerprint density at radius 3 is 2.50 bits per heavy atom. The van der Waals surface area contributed by atoms with Gasteiger partial charge < -0.3 is 10.4 Å². The van der Waals surface area contributed by atoms with Gasteiger partial charge in [0.2, 0.25) is 0 Å². The van der Waals surface area contributed by atoms with E-state index in [9.17, 15) is 15.2 Å². The van der Waals surface area contributed by atoms with Gasteiger partial charge in [0, 0.05) is 30.3 Å². The van der Waals surface area contributed by atoms with Gasteiger partial charge in [-0.25, -0.2) is 0 Å². The second-order valence-electron chi connectivity index (χ2n) is 4.57. The molecule has 0 aliphatic heterocycles. The molecule has 0 amide bonds. The van der Waals surface area contributed by atoms with E-state index in [1.165, 1.54) is 6.07 Å². The number of nitro groups is 1. The van der Waals surface area contributed by atoms with Crippen LogP contribution in [0.3, 0.4) is 0 Å². The summed E-state index contributed by atoms with van der Waals surface area (Å²) in [5.41, 5.74) is 2.33. The third kappa shape index (κ3) is 3.13. The van der Waals surface area contributed by atoms with Crippen LogP contribution >= 0.6 is 0 Å². The molecule has 0 unspecified atom stereocenters. The summed E-state index contributed by atoms with van der Waals surface area (Å²) < 4.78 is 0. The molecule has 0 fully saturated rings. The van der Waals surface area contributed by atoms with Gasteiger partial charge in [-0.3, -0.25) is 10.1 Å². The van der Waals surface area contributed by atoms with Crippen LogP contribution in [0, 0.1) is 17.0 Å². The molecule has 0 spiro atoms. The second kappa shape index (κ2) is 6.16. The molecule has 0 bridgehead atoms. The zero-order valence-electron chi connectivity index (χ0n) is 11.2. The van der Waals surface area contributed by atoms with E-state index >= 15 is 0 Å². The molecule has 2 N–H and O–H groups in total. The van der Waals surface area contributed by atoms with Crippen LogP contribution in [-0.4, -0.2) is 10.0 Å². The van der Waals surface area contributed by atoms with Gasteiger partial charge in [-0.05, 0) is 12.5 Å². The Morgan fingerprint density at radius 1 is 1.10 bits per heavy atom. The van der Waals surface area contributed by atoms with Crippen LogP contribution in [-0.2, 0) is 13.1 Å². The Balaban J connectivity index is 2.03. The first kappa shape index (κ1) is 14.0. The average molecular weight is 272 g/mol. The molecular weight excluding hydrogens is 256 g/mol. The smallest absolute Gasteiger partial charge is 0.273 e. The van der Waals surface area contributed by atoms with Crippen LogP contribution in [0.1, 0.15) is 16.7 Å². The highest BCUT2D eigenvalue weighted by Gasteiger charge is 2.11. The number of nitrogens with zero attached hydrogens (tertiary/aromatic N) is 1. The van der Waals surface area contributed by atoms with Crippen molar-refractivity contribution in [2.24, 2.45) is 0 Å². The number of hydrogen-bond acceptors (Lipinski definition) is 4. The molecule has 5 nitrogen and oxygen atoms in total. The molecule has 2 aromatic carbocycles. The standard InChI is InChI=1S/C15H16N2O3/c1-11-5-4-7-13(15(11)18)10-16-9-12-6-2-3-8-14(12)17(19)20/h2-8,16,18H,9-10H2,1H3. The predicted octanol–water partition coefficient (Wildman–Crippen LogP) is 2.90. The van der Waals surface area contributed by atoms with Crippen molar-refractivity contribution in [3.63, 3.8) is 0 Å². The van der Waals surface area contributed by atoms with Crippen molar-refractivity contribution in [2.45, 2.75) is 20.0 Å². The number of hydrogen-bond donors (Lipinski definition) is 2. The maximum Gasteiger partial charge on any atom is 0.273 e. The molecule has 0 aliphatic carbocycles. The molecule has 0 heterocycles. The summed E-state index contributed by atoms with van der Waals surface area (Å²) in [6.45, 7) is 2.67. The van der Waals surface area contributed by atoms with Gasteiger partial charge in [-0.15, -0.1) is 0 Å². The van der Waals surface area contributed by atoms with Gasteiger partial charge in [0.05, 0.1) is 4.92 Å². The lowest BCUT2D eigenvalue weighted by atomic mass is 10.1. The minimum Gasteiger partial charge on any atom is -0.507 e. The summed E-state index contributed by atoms with van der Waals surface area (Å²) >= 11 is 0. The van der Waals surface area contributed by atoms with E-state index in [4.69, 9.17) is 0 Å². The number of phenols is 1. The van der Waals surface area contributed by atoms with E-state index in [-0.39, 0.29) is 16.4 Å². The SMILES string of the molecule is Cc1cccc(CNCc2ccccc2[N+](=O)[O-])c1O. The van der Waals surface area contributed by atoms with Crippen molar-refractivity contribution in [2.75, 3.05) is 0 Å². The lowest BCUT2D eigenvalue weighted by Crippen LogP contribution is -2.14. The van der Waals surface area contributed by atoms with E-state index in [1.54, 1.807) is 18.2 Å². The molecular formula is C15H16N2O3. The van der Waals surface area contributed by atoms with Crippen LogP contribution in [0.5, 0.6) is 5.75 Å². The van der Waals surface area contributed by atoms with E-state index < -0.39 is 0 Å². The largest absolute Gasteiger partial charge is 0.507 e. The van der Waals surface area contributed by atoms with Crippen LogP contribution in [0.2, 0.25) is 0 Å².